The van der Waals surface area contributed by atoms with Crippen LogP contribution in [-0.2, 0) is 20.8 Å². The zero-order valence-corrected chi connectivity index (χ0v) is 8.64. The Balaban J connectivity index is 2.05. The van der Waals surface area contributed by atoms with Crippen molar-refractivity contribution in [3.63, 3.8) is 0 Å². The molecule has 0 aliphatic rings. The van der Waals surface area contributed by atoms with Crippen LogP contribution in [0.5, 0.6) is 0 Å². The lowest BCUT2D eigenvalue weighted by molar-refractivity contribution is 0.0331. The molecule has 0 amide bonds. The standard InChI is InChI=1S/C11H14O4/c1-13-11(12)15-8-7-14-9-10-5-3-2-4-6-10/h2-6H,7-9H2,1H3. The van der Waals surface area contributed by atoms with Crippen molar-refractivity contribution in [1.29, 1.82) is 0 Å². The molecule has 1 aromatic rings. The van der Waals surface area contributed by atoms with Gasteiger partial charge in [0.05, 0.1) is 20.3 Å². The van der Waals surface area contributed by atoms with Crippen LogP contribution in [0.1, 0.15) is 5.56 Å². The van der Waals surface area contributed by atoms with Crippen LogP contribution in [0.4, 0.5) is 4.79 Å². The first kappa shape index (κ1) is 11.5. The molecule has 15 heavy (non-hydrogen) atoms. The summed E-state index contributed by atoms with van der Waals surface area (Å²) >= 11 is 0. The number of carbonyl (C=O) groups excluding carboxylic acids is 1. The molecule has 0 aromatic heterocycles. The van der Waals surface area contributed by atoms with Crippen molar-refractivity contribution in [2.45, 2.75) is 6.61 Å². The zero-order chi connectivity index (χ0) is 10.9. The lowest BCUT2D eigenvalue weighted by Crippen LogP contribution is -2.10. The van der Waals surface area contributed by atoms with Crippen molar-refractivity contribution < 1.29 is 19.0 Å². The van der Waals surface area contributed by atoms with Gasteiger partial charge in [0, 0.05) is 0 Å². The molecule has 4 nitrogen and oxygen atoms in total. The molecule has 0 fully saturated rings. The van der Waals surface area contributed by atoms with E-state index in [1.54, 1.807) is 0 Å². The van der Waals surface area contributed by atoms with Crippen LogP contribution in [-0.4, -0.2) is 26.5 Å². The SMILES string of the molecule is COC(=O)OCCOCc1ccccc1. The van der Waals surface area contributed by atoms with Gasteiger partial charge in [0.25, 0.3) is 0 Å². The summed E-state index contributed by atoms with van der Waals surface area (Å²) in [6, 6.07) is 9.79. The molecule has 0 N–H and O–H groups in total. The second kappa shape index (κ2) is 6.84. The third-order valence-corrected chi connectivity index (χ3v) is 1.73. The second-order valence-electron chi connectivity index (χ2n) is 2.84. The first-order valence-corrected chi connectivity index (χ1v) is 4.65. The fraction of sp³-hybridized carbons (Fsp3) is 0.364. The van der Waals surface area contributed by atoms with Crippen molar-refractivity contribution in [3.8, 4) is 0 Å². The Morgan fingerprint density at radius 3 is 2.60 bits per heavy atom. The molecular formula is C11H14O4. The van der Waals surface area contributed by atoms with E-state index in [2.05, 4.69) is 9.47 Å². The van der Waals surface area contributed by atoms with Gasteiger partial charge in [-0.25, -0.2) is 4.79 Å². The van der Waals surface area contributed by atoms with Gasteiger partial charge in [0.2, 0.25) is 0 Å². The highest BCUT2D eigenvalue weighted by Crippen LogP contribution is 1.99. The number of hydrogen-bond acceptors (Lipinski definition) is 4. The number of hydrogen-bond donors (Lipinski definition) is 0. The maximum absolute atomic E-state index is 10.5. The van der Waals surface area contributed by atoms with Gasteiger partial charge >= 0.3 is 6.16 Å². The van der Waals surface area contributed by atoms with Gasteiger partial charge < -0.3 is 14.2 Å². The van der Waals surface area contributed by atoms with Crippen LogP contribution in [0.2, 0.25) is 0 Å². The molecule has 1 aromatic carbocycles. The molecule has 0 saturated heterocycles. The van der Waals surface area contributed by atoms with Gasteiger partial charge in [0.15, 0.2) is 0 Å². The van der Waals surface area contributed by atoms with Crippen LogP contribution in [0.3, 0.4) is 0 Å². The maximum Gasteiger partial charge on any atom is 0.508 e. The molecular weight excluding hydrogens is 196 g/mol. The maximum atomic E-state index is 10.5. The van der Waals surface area contributed by atoms with Crippen molar-refractivity contribution in [2.75, 3.05) is 20.3 Å². The molecule has 1 rings (SSSR count). The molecule has 0 aliphatic heterocycles. The molecule has 4 heteroatoms. The monoisotopic (exact) mass is 210 g/mol. The van der Waals surface area contributed by atoms with E-state index in [-0.39, 0.29) is 6.61 Å². The third kappa shape index (κ3) is 5.02. The number of rotatable bonds is 5. The predicted molar refractivity (Wildman–Crippen MR) is 54.5 cm³/mol. The Kier molecular flexibility index (Phi) is 5.25. The minimum absolute atomic E-state index is 0.208. The number of carbonyl (C=O) groups is 1. The van der Waals surface area contributed by atoms with E-state index in [9.17, 15) is 4.79 Å². The number of benzene rings is 1. The molecule has 0 radical (unpaired) electrons. The molecule has 0 heterocycles. The van der Waals surface area contributed by atoms with Crippen molar-refractivity contribution >= 4 is 6.16 Å². The van der Waals surface area contributed by atoms with Crippen molar-refractivity contribution in [3.05, 3.63) is 35.9 Å². The predicted octanol–water partition coefficient (Wildman–Crippen LogP) is 1.99. The highest BCUT2D eigenvalue weighted by Gasteiger charge is 1.98. The fourth-order valence-electron chi connectivity index (χ4n) is 1.01. The van der Waals surface area contributed by atoms with Crippen molar-refractivity contribution in [1.82, 2.24) is 0 Å². The largest absolute Gasteiger partial charge is 0.508 e. The van der Waals surface area contributed by atoms with E-state index in [0.717, 1.165) is 5.56 Å². The topological polar surface area (TPSA) is 44.8 Å². The van der Waals surface area contributed by atoms with Crippen LogP contribution >= 0.6 is 0 Å². The zero-order valence-electron chi connectivity index (χ0n) is 8.64. The van der Waals surface area contributed by atoms with Crippen molar-refractivity contribution in [2.24, 2.45) is 0 Å². The minimum Gasteiger partial charge on any atom is -0.438 e. The van der Waals surface area contributed by atoms with Crippen LogP contribution in [0.25, 0.3) is 0 Å². The van der Waals surface area contributed by atoms with Gasteiger partial charge in [-0.2, -0.15) is 0 Å². The molecule has 0 spiro atoms. The lowest BCUT2D eigenvalue weighted by Gasteiger charge is -2.04. The second-order valence-corrected chi connectivity index (χ2v) is 2.84. The normalized spacial score (nSPS) is 9.67. The van der Waals surface area contributed by atoms with Crippen LogP contribution in [0, 0.1) is 0 Å². The van der Waals surface area contributed by atoms with Gasteiger partial charge in [-0.1, -0.05) is 30.3 Å². The highest BCUT2D eigenvalue weighted by atomic mass is 16.7. The van der Waals surface area contributed by atoms with Gasteiger partial charge in [0.1, 0.15) is 6.61 Å². The summed E-state index contributed by atoms with van der Waals surface area (Å²) in [4.78, 5) is 10.5. The smallest absolute Gasteiger partial charge is 0.438 e. The summed E-state index contributed by atoms with van der Waals surface area (Å²) in [7, 11) is 1.27. The molecule has 82 valence electrons. The van der Waals surface area contributed by atoms with E-state index >= 15 is 0 Å². The first-order chi connectivity index (χ1) is 7.33. The Morgan fingerprint density at radius 2 is 1.93 bits per heavy atom. The van der Waals surface area contributed by atoms with Gasteiger partial charge in [-0.15, -0.1) is 0 Å². The molecule has 0 bridgehead atoms. The van der Waals surface area contributed by atoms with Gasteiger partial charge in [-0.3, -0.25) is 0 Å². The van der Waals surface area contributed by atoms with Gasteiger partial charge in [-0.05, 0) is 5.56 Å². The fourth-order valence-corrected chi connectivity index (χ4v) is 1.01. The molecule has 0 aliphatic carbocycles. The molecule has 0 unspecified atom stereocenters. The average Bonchev–Trinajstić information content (AvgIpc) is 2.29. The Morgan fingerprint density at radius 1 is 1.20 bits per heavy atom. The van der Waals surface area contributed by atoms with E-state index in [4.69, 9.17) is 4.74 Å². The highest BCUT2D eigenvalue weighted by molar-refractivity contribution is 5.59. The first-order valence-electron chi connectivity index (χ1n) is 4.65. The third-order valence-electron chi connectivity index (χ3n) is 1.73. The summed E-state index contributed by atoms with van der Waals surface area (Å²) in [5.41, 5.74) is 1.09. The number of methoxy groups -OCH3 is 1. The van der Waals surface area contributed by atoms with E-state index in [1.807, 2.05) is 30.3 Å². The summed E-state index contributed by atoms with van der Waals surface area (Å²) in [5.74, 6) is 0. The van der Waals surface area contributed by atoms with Crippen LogP contribution < -0.4 is 0 Å². The summed E-state index contributed by atoms with van der Waals surface area (Å²) in [6.07, 6.45) is -0.682. The Hall–Kier alpha value is -1.55. The molecule has 0 saturated carbocycles. The lowest BCUT2D eigenvalue weighted by atomic mass is 10.2. The summed E-state index contributed by atoms with van der Waals surface area (Å²) < 4.78 is 14.2. The average molecular weight is 210 g/mol. The summed E-state index contributed by atoms with van der Waals surface area (Å²) in [5, 5.41) is 0. The Labute approximate surface area is 88.8 Å². The number of ether oxygens (including phenoxy) is 3. The Bertz CT molecular complexity index is 284. The van der Waals surface area contributed by atoms with E-state index < -0.39 is 6.16 Å². The van der Waals surface area contributed by atoms with Crippen LogP contribution in [0.15, 0.2) is 30.3 Å². The quantitative estimate of drug-likeness (QED) is 0.550. The van der Waals surface area contributed by atoms with E-state index in [1.165, 1.54) is 7.11 Å². The summed E-state index contributed by atoms with van der Waals surface area (Å²) in [6.45, 7) is 1.09. The minimum atomic E-state index is -0.682. The molecule has 0 atom stereocenters. The van der Waals surface area contributed by atoms with E-state index in [0.29, 0.717) is 13.2 Å².